The van der Waals surface area contributed by atoms with Crippen LogP contribution in [0.1, 0.15) is 5.56 Å². The van der Waals surface area contributed by atoms with E-state index in [1.165, 1.54) is 0 Å². The summed E-state index contributed by atoms with van der Waals surface area (Å²) in [6.45, 7) is 2.89. The average molecular weight is 436 g/mol. The van der Waals surface area contributed by atoms with Gasteiger partial charge >= 0.3 is 0 Å². The molecule has 1 heterocycles. The van der Waals surface area contributed by atoms with Crippen molar-refractivity contribution in [1.29, 1.82) is 0 Å². The summed E-state index contributed by atoms with van der Waals surface area (Å²) >= 11 is 3.37. The monoisotopic (exact) mass is 435 g/mol. The molecule has 1 aromatic heterocycles. The number of nitrogens with one attached hydrogen (secondary N) is 1. The molecule has 0 saturated heterocycles. The van der Waals surface area contributed by atoms with Gasteiger partial charge in [0.1, 0.15) is 12.4 Å². The van der Waals surface area contributed by atoms with Crippen LogP contribution in [0, 0.1) is 6.92 Å². The van der Waals surface area contributed by atoms with Crippen molar-refractivity contribution in [2.24, 2.45) is 0 Å². The molecular weight excluding hydrogens is 418 g/mol. The van der Waals surface area contributed by atoms with Crippen LogP contribution >= 0.6 is 15.9 Å². The largest absolute Gasteiger partial charge is 0.492 e. The second-order valence-electron chi connectivity index (χ2n) is 5.66. The molecule has 8 heteroatoms. The normalized spacial score (nSPS) is 11.3. The van der Waals surface area contributed by atoms with E-state index in [1.54, 1.807) is 53.3 Å². The second-order valence-corrected chi connectivity index (χ2v) is 8.20. The van der Waals surface area contributed by atoms with E-state index in [4.69, 9.17) is 4.74 Å². The number of sulfonamides is 1. The Bertz CT molecular complexity index is 989. The van der Waals surface area contributed by atoms with E-state index < -0.39 is 10.0 Å². The predicted octanol–water partition coefficient (Wildman–Crippen LogP) is 3.83. The Kier molecular flexibility index (Phi) is 5.63. The number of hydrogen-bond donors (Lipinski definition) is 1. The summed E-state index contributed by atoms with van der Waals surface area (Å²) in [5.74, 6) is 0.587. The highest BCUT2D eigenvalue weighted by Gasteiger charge is 2.15. The molecule has 3 rings (SSSR count). The number of nitrogens with zero attached hydrogens (tertiary/aromatic N) is 2. The molecule has 3 aromatic rings. The van der Waals surface area contributed by atoms with Crippen LogP contribution in [0.5, 0.6) is 5.75 Å². The van der Waals surface area contributed by atoms with Crippen molar-refractivity contribution >= 4 is 31.6 Å². The van der Waals surface area contributed by atoms with E-state index in [9.17, 15) is 8.42 Å². The molecule has 0 spiro atoms. The summed E-state index contributed by atoms with van der Waals surface area (Å²) in [5.41, 5.74) is 1.30. The third-order valence-corrected chi connectivity index (χ3v) is 5.94. The van der Waals surface area contributed by atoms with Gasteiger partial charge in [-0.1, -0.05) is 22.0 Å². The minimum Gasteiger partial charge on any atom is -0.492 e. The molecule has 0 fully saturated rings. The zero-order valence-corrected chi connectivity index (χ0v) is 16.5. The van der Waals surface area contributed by atoms with Crippen LogP contribution in [0.4, 0.5) is 5.69 Å². The van der Waals surface area contributed by atoms with Crippen LogP contribution in [-0.2, 0) is 16.6 Å². The van der Waals surface area contributed by atoms with Gasteiger partial charge in [0.25, 0.3) is 10.0 Å². The standard InChI is InChI=1S/C18H18BrN3O3S/c1-14-12-17(6-7-18(14)19)26(23,24)21-15-4-2-5-16(13-15)25-11-10-22-9-3-8-20-22/h2-9,12-13,21H,10-11H2,1H3. The van der Waals surface area contributed by atoms with Crippen molar-refractivity contribution in [3.05, 3.63) is 71.0 Å². The maximum atomic E-state index is 12.6. The van der Waals surface area contributed by atoms with Crippen molar-refractivity contribution in [2.45, 2.75) is 18.4 Å². The Hall–Kier alpha value is -2.32. The topological polar surface area (TPSA) is 73.2 Å². The number of ether oxygens (including phenoxy) is 1. The number of aromatic nitrogens is 2. The van der Waals surface area contributed by atoms with Crippen LogP contribution in [0.15, 0.2) is 70.3 Å². The van der Waals surface area contributed by atoms with Gasteiger partial charge < -0.3 is 4.74 Å². The fourth-order valence-electron chi connectivity index (χ4n) is 2.34. The Morgan fingerprint density at radius 3 is 2.77 bits per heavy atom. The van der Waals surface area contributed by atoms with Gasteiger partial charge in [0, 0.05) is 22.9 Å². The fraction of sp³-hybridized carbons (Fsp3) is 0.167. The number of benzene rings is 2. The lowest BCUT2D eigenvalue weighted by molar-refractivity contribution is 0.291. The molecule has 2 aromatic carbocycles. The van der Waals surface area contributed by atoms with E-state index >= 15 is 0 Å². The van der Waals surface area contributed by atoms with Crippen LogP contribution in [0.2, 0.25) is 0 Å². The number of aryl methyl sites for hydroxylation is 1. The lowest BCUT2D eigenvalue weighted by Crippen LogP contribution is -2.13. The first-order chi connectivity index (χ1) is 12.4. The predicted molar refractivity (Wildman–Crippen MR) is 104 cm³/mol. The maximum absolute atomic E-state index is 12.6. The maximum Gasteiger partial charge on any atom is 0.261 e. The summed E-state index contributed by atoms with van der Waals surface area (Å²) in [5, 5.41) is 4.10. The highest BCUT2D eigenvalue weighted by Crippen LogP contribution is 2.24. The molecule has 1 N–H and O–H groups in total. The van der Waals surface area contributed by atoms with Crippen molar-refractivity contribution in [2.75, 3.05) is 11.3 Å². The molecule has 0 amide bonds. The first-order valence-corrected chi connectivity index (χ1v) is 10.2. The van der Waals surface area contributed by atoms with E-state index in [1.807, 2.05) is 19.2 Å². The van der Waals surface area contributed by atoms with Gasteiger partial charge in [0.05, 0.1) is 17.1 Å². The van der Waals surface area contributed by atoms with Crippen molar-refractivity contribution < 1.29 is 13.2 Å². The summed E-state index contributed by atoms with van der Waals surface area (Å²) in [6.07, 6.45) is 3.56. The molecule has 0 aliphatic rings. The molecule has 0 atom stereocenters. The van der Waals surface area contributed by atoms with Gasteiger partial charge in [-0.2, -0.15) is 5.10 Å². The third-order valence-electron chi connectivity index (χ3n) is 3.67. The van der Waals surface area contributed by atoms with E-state index in [-0.39, 0.29) is 4.90 Å². The lowest BCUT2D eigenvalue weighted by atomic mass is 10.2. The smallest absolute Gasteiger partial charge is 0.261 e. The molecule has 136 valence electrons. The highest BCUT2D eigenvalue weighted by molar-refractivity contribution is 9.10. The number of anilines is 1. The van der Waals surface area contributed by atoms with Crippen LogP contribution in [-0.4, -0.2) is 24.8 Å². The number of hydrogen-bond acceptors (Lipinski definition) is 4. The Morgan fingerprint density at radius 1 is 1.19 bits per heavy atom. The molecular formula is C18H18BrN3O3S. The summed E-state index contributed by atoms with van der Waals surface area (Å²) in [6, 6.07) is 13.6. The minimum atomic E-state index is -3.67. The molecule has 0 aliphatic heterocycles. The average Bonchev–Trinajstić information content (AvgIpc) is 3.10. The molecule has 0 bridgehead atoms. The van der Waals surface area contributed by atoms with E-state index in [0.29, 0.717) is 24.6 Å². The summed E-state index contributed by atoms with van der Waals surface area (Å²) in [7, 11) is -3.67. The lowest BCUT2D eigenvalue weighted by Gasteiger charge is -2.11. The Morgan fingerprint density at radius 2 is 2.04 bits per heavy atom. The Balaban J connectivity index is 1.68. The van der Waals surface area contributed by atoms with Gasteiger partial charge in [-0.15, -0.1) is 0 Å². The van der Waals surface area contributed by atoms with Gasteiger partial charge in [0.15, 0.2) is 0 Å². The highest BCUT2D eigenvalue weighted by atomic mass is 79.9. The SMILES string of the molecule is Cc1cc(S(=O)(=O)Nc2cccc(OCCn3cccn3)c2)ccc1Br. The first-order valence-electron chi connectivity index (χ1n) is 7.93. The molecule has 0 saturated carbocycles. The Labute approximate surface area is 161 Å². The van der Waals surface area contributed by atoms with Crippen LogP contribution in [0.3, 0.4) is 0 Å². The van der Waals surface area contributed by atoms with Crippen LogP contribution < -0.4 is 9.46 Å². The van der Waals surface area contributed by atoms with Gasteiger partial charge in [-0.25, -0.2) is 8.42 Å². The molecule has 26 heavy (non-hydrogen) atoms. The van der Waals surface area contributed by atoms with Gasteiger partial charge in [0.2, 0.25) is 0 Å². The van der Waals surface area contributed by atoms with Crippen molar-refractivity contribution in [1.82, 2.24) is 9.78 Å². The fourth-order valence-corrected chi connectivity index (χ4v) is 3.72. The van der Waals surface area contributed by atoms with Crippen LogP contribution in [0.25, 0.3) is 0 Å². The molecule has 0 radical (unpaired) electrons. The number of rotatable bonds is 7. The zero-order chi connectivity index (χ0) is 18.6. The van der Waals surface area contributed by atoms with E-state index in [2.05, 4.69) is 25.8 Å². The summed E-state index contributed by atoms with van der Waals surface area (Å²) < 4.78 is 36.0. The first kappa shape index (κ1) is 18.5. The third kappa shape index (κ3) is 4.64. The number of halogens is 1. The van der Waals surface area contributed by atoms with Crippen molar-refractivity contribution in [3.63, 3.8) is 0 Å². The molecule has 0 aliphatic carbocycles. The van der Waals surface area contributed by atoms with Gasteiger partial charge in [-0.3, -0.25) is 9.40 Å². The molecule has 0 unspecified atom stereocenters. The van der Waals surface area contributed by atoms with Crippen molar-refractivity contribution in [3.8, 4) is 5.75 Å². The minimum absolute atomic E-state index is 0.211. The van der Waals surface area contributed by atoms with Gasteiger partial charge in [-0.05, 0) is 48.9 Å². The van der Waals surface area contributed by atoms with E-state index in [0.717, 1.165) is 10.0 Å². The second kappa shape index (κ2) is 7.92. The zero-order valence-electron chi connectivity index (χ0n) is 14.1. The summed E-state index contributed by atoms with van der Waals surface area (Å²) in [4.78, 5) is 0.211. The quantitative estimate of drug-likeness (QED) is 0.611. The molecule has 6 nitrogen and oxygen atoms in total.